The van der Waals surface area contributed by atoms with Gasteiger partial charge in [-0.15, -0.1) is 0 Å². The lowest BCUT2D eigenvalue weighted by molar-refractivity contribution is 0.0232. The first-order chi connectivity index (χ1) is 14.1. The Labute approximate surface area is 177 Å². The number of nitrogens with zero attached hydrogens (tertiary/aromatic N) is 3. The van der Waals surface area contributed by atoms with E-state index in [4.69, 9.17) is 4.74 Å². The van der Waals surface area contributed by atoms with Gasteiger partial charge in [-0.05, 0) is 65.6 Å². The van der Waals surface area contributed by atoms with E-state index < -0.39 is 6.10 Å². The standard InChI is InChI=1S/C21H25BrN4O3/c22-15-9-19-21(23-10-15)25-20(24-19)14-4-6-18(7-5-14)29-13-17(28)11-26-8-2-1-3-16(26)12-27/h4-7,9-10,16-17,27-28H,1-3,8,11-13H2,(H,23,24,25). The predicted octanol–water partition coefficient (Wildman–Crippen LogP) is 2.97. The van der Waals surface area contributed by atoms with E-state index in [0.717, 1.165) is 52.8 Å². The van der Waals surface area contributed by atoms with Crippen LogP contribution in [0.5, 0.6) is 5.75 Å². The molecule has 3 N–H and O–H groups in total. The SMILES string of the molecule is OCC1CCCCN1CC(O)COc1ccc(-c2nc3cc(Br)cnc3[nH]2)cc1. The first-order valence-electron chi connectivity index (χ1n) is 9.90. The molecule has 1 saturated heterocycles. The summed E-state index contributed by atoms with van der Waals surface area (Å²) in [5.74, 6) is 1.44. The zero-order valence-corrected chi connectivity index (χ0v) is 17.7. The summed E-state index contributed by atoms with van der Waals surface area (Å²) in [4.78, 5) is 14.3. The Morgan fingerprint density at radius 1 is 1.28 bits per heavy atom. The lowest BCUT2D eigenvalue weighted by Gasteiger charge is -2.35. The molecule has 0 amide bonds. The summed E-state index contributed by atoms with van der Waals surface area (Å²) in [6, 6.07) is 9.68. The van der Waals surface area contributed by atoms with Crippen LogP contribution in [-0.2, 0) is 0 Å². The number of β-amino-alcohol motifs (C(OH)–C–C–N with tert-alkyl or cyclic N) is 1. The van der Waals surface area contributed by atoms with Crippen molar-refractivity contribution in [3.8, 4) is 17.1 Å². The fourth-order valence-corrected chi connectivity index (χ4v) is 4.06. The lowest BCUT2D eigenvalue weighted by atomic mass is 10.0. The second-order valence-corrected chi connectivity index (χ2v) is 8.34. The van der Waals surface area contributed by atoms with Gasteiger partial charge < -0.3 is 19.9 Å². The molecule has 2 aromatic heterocycles. The molecule has 7 nitrogen and oxygen atoms in total. The van der Waals surface area contributed by atoms with Crippen molar-refractivity contribution in [3.63, 3.8) is 0 Å². The molecule has 1 fully saturated rings. The maximum absolute atomic E-state index is 10.3. The van der Waals surface area contributed by atoms with Gasteiger partial charge >= 0.3 is 0 Å². The van der Waals surface area contributed by atoms with Gasteiger partial charge in [-0.1, -0.05) is 6.42 Å². The van der Waals surface area contributed by atoms with E-state index in [0.29, 0.717) is 12.3 Å². The van der Waals surface area contributed by atoms with Crippen LogP contribution >= 0.6 is 15.9 Å². The zero-order valence-electron chi connectivity index (χ0n) is 16.1. The summed E-state index contributed by atoms with van der Waals surface area (Å²) in [7, 11) is 0. The summed E-state index contributed by atoms with van der Waals surface area (Å²) in [5, 5.41) is 19.8. The molecule has 2 atom stereocenters. The Morgan fingerprint density at radius 3 is 2.90 bits per heavy atom. The molecule has 0 radical (unpaired) electrons. The van der Waals surface area contributed by atoms with Gasteiger partial charge in [0, 0.05) is 28.8 Å². The third-order valence-corrected chi connectivity index (χ3v) is 5.71. The molecule has 29 heavy (non-hydrogen) atoms. The average Bonchev–Trinajstić information content (AvgIpc) is 3.16. The first kappa shape index (κ1) is 20.3. The Kier molecular flexibility index (Phi) is 6.44. The number of nitrogens with one attached hydrogen (secondary N) is 1. The molecule has 0 aliphatic carbocycles. The Bertz CT molecular complexity index is 947. The maximum atomic E-state index is 10.3. The number of likely N-dealkylation sites (tertiary alicyclic amines) is 1. The maximum Gasteiger partial charge on any atom is 0.157 e. The second kappa shape index (κ2) is 9.21. The third kappa shape index (κ3) is 4.95. The van der Waals surface area contributed by atoms with Crippen molar-refractivity contribution in [2.75, 3.05) is 26.3 Å². The molecule has 1 aliphatic rings. The number of hydrogen-bond donors (Lipinski definition) is 3. The molecule has 3 heterocycles. The molecular formula is C21H25BrN4O3. The molecule has 0 saturated carbocycles. The number of aromatic amines is 1. The minimum atomic E-state index is -0.596. The number of benzene rings is 1. The third-order valence-electron chi connectivity index (χ3n) is 5.28. The van der Waals surface area contributed by atoms with Crippen LogP contribution in [0.15, 0.2) is 41.0 Å². The average molecular weight is 461 g/mol. The first-order valence-corrected chi connectivity index (χ1v) is 10.7. The van der Waals surface area contributed by atoms with Crippen LogP contribution in [0, 0.1) is 0 Å². The van der Waals surface area contributed by atoms with Gasteiger partial charge in [0.1, 0.15) is 29.8 Å². The summed E-state index contributed by atoms with van der Waals surface area (Å²) >= 11 is 3.41. The topological polar surface area (TPSA) is 94.5 Å². The van der Waals surface area contributed by atoms with Crippen molar-refractivity contribution in [2.45, 2.75) is 31.4 Å². The largest absolute Gasteiger partial charge is 0.491 e. The van der Waals surface area contributed by atoms with E-state index >= 15 is 0 Å². The smallest absolute Gasteiger partial charge is 0.157 e. The van der Waals surface area contributed by atoms with Gasteiger partial charge in [-0.2, -0.15) is 0 Å². The molecule has 1 aromatic carbocycles. The highest BCUT2D eigenvalue weighted by Crippen LogP contribution is 2.24. The van der Waals surface area contributed by atoms with Crippen LogP contribution in [0.3, 0.4) is 0 Å². The summed E-state index contributed by atoms with van der Waals surface area (Å²) in [5.41, 5.74) is 2.48. The number of ether oxygens (including phenoxy) is 1. The highest BCUT2D eigenvalue weighted by molar-refractivity contribution is 9.10. The van der Waals surface area contributed by atoms with Crippen molar-refractivity contribution in [1.29, 1.82) is 0 Å². The van der Waals surface area contributed by atoms with Crippen LogP contribution in [0.1, 0.15) is 19.3 Å². The molecular weight excluding hydrogens is 436 g/mol. The van der Waals surface area contributed by atoms with E-state index in [1.54, 1.807) is 6.20 Å². The monoisotopic (exact) mass is 460 g/mol. The minimum Gasteiger partial charge on any atom is -0.491 e. The van der Waals surface area contributed by atoms with E-state index in [1.807, 2.05) is 30.3 Å². The van der Waals surface area contributed by atoms with Crippen LogP contribution in [0.2, 0.25) is 0 Å². The number of pyridine rings is 1. The van der Waals surface area contributed by atoms with Crippen molar-refractivity contribution >= 4 is 27.1 Å². The van der Waals surface area contributed by atoms with E-state index in [2.05, 4.69) is 35.8 Å². The Morgan fingerprint density at radius 2 is 2.10 bits per heavy atom. The van der Waals surface area contributed by atoms with Crippen LogP contribution in [0.25, 0.3) is 22.6 Å². The second-order valence-electron chi connectivity index (χ2n) is 7.42. The number of aliphatic hydroxyl groups excluding tert-OH is 2. The van der Waals surface area contributed by atoms with Gasteiger partial charge in [-0.3, -0.25) is 4.90 Å². The number of aliphatic hydroxyl groups is 2. The number of piperidine rings is 1. The Hall–Kier alpha value is -2.00. The fourth-order valence-electron chi connectivity index (χ4n) is 3.74. The van der Waals surface area contributed by atoms with Crippen molar-refractivity contribution in [1.82, 2.24) is 19.9 Å². The fraction of sp³-hybridized carbons (Fsp3) is 0.429. The summed E-state index contributed by atoms with van der Waals surface area (Å²) in [6.45, 7) is 1.80. The number of aromatic nitrogens is 3. The predicted molar refractivity (Wildman–Crippen MR) is 115 cm³/mol. The van der Waals surface area contributed by atoms with E-state index in [1.165, 1.54) is 0 Å². The number of halogens is 1. The highest BCUT2D eigenvalue weighted by atomic mass is 79.9. The van der Waals surface area contributed by atoms with Gasteiger partial charge in [0.15, 0.2) is 5.65 Å². The summed E-state index contributed by atoms with van der Waals surface area (Å²) < 4.78 is 6.64. The van der Waals surface area contributed by atoms with Gasteiger partial charge in [0.25, 0.3) is 0 Å². The van der Waals surface area contributed by atoms with Crippen LogP contribution in [0.4, 0.5) is 0 Å². The number of fused-ring (bicyclic) bond motifs is 1. The quantitative estimate of drug-likeness (QED) is 0.501. The summed E-state index contributed by atoms with van der Waals surface area (Å²) in [6.07, 6.45) is 4.37. The van der Waals surface area contributed by atoms with Crippen LogP contribution < -0.4 is 4.74 Å². The lowest BCUT2D eigenvalue weighted by Crippen LogP contribution is -2.46. The number of H-pyrrole nitrogens is 1. The van der Waals surface area contributed by atoms with Crippen molar-refractivity contribution in [2.24, 2.45) is 0 Å². The molecule has 0 spiro atoms. The molecule has 4 rings (SSSR count). The van der Waals surface area contributed by atoms with Crippen LogP contribution in [-0.4, -0.2) is 68.5 Å². The number of rotatable bonds is 7. The molecule has 2 unspecified atom stereocenters. The van der Waals surface area contributed by atoms with Crippen molar-refractivity contribution in [3.05, 3.63) is 41.0 Å². The van der Waals surface area contributed by atoms with Gasteiger partial charge in [0.2, 0.25) is 0 Å². The van der Waals surface area contributed by atoms with E-state index in [9.17, 15) is 10.2 Å². The minimum absolute atomic E-state index is 0.142. The number of imidazole rings is 1. The molecule has 3 aromatic rings. The Balaban J connectivity index is 1.34. The highest BCUT2D eigenvalue weighted by Gasteiger charge is 2.23. The molecule has 1 aliphatic heterocycles. The normalized spacial score (nSPS) is 18.8. The van der Waals surface area contributed by atoms with Crippen molar-refractivity contribution < 1.29 is 14.9 Å². The zero-order chi connectivity index (χ0) is 20.2. The molecule has 154 valence electrons. The molecule has 0 bridgehead atoms. The van der Waals surface area contributed by atoms with Gasteiger partial charge in [0.05, 0.1) is 6.61 Å². The molecule has 8 heteroatoms. The van der Waals surface area contributed by atoms with Gasteiger partial charge in [-0.25, -0.2) is 9.97 Å². The van der Waals surface area contributed by atoms with E-state index in [-0.39, 0.29) is 19.3 Å². The number of hydrogen-bond acceptors (Lipinski definition) is 6.